The molecule has 3 aromatic rings. The van der Waals surface area contributed by atoms with Crippen LogP contribution in [0.25, 0.3) is 22.5 Å². The van der Waals surface area contributed by atoms with Crippen molar-refractivity contribution in [3.63, 3.8) is 0 Å². The van der Waals surface area contributed by atoms with Crippen LogP contribution in [0.15, 0.2) is 16.8 Å². The molecule has 3 aromatic heterocycles. The Labute approximate surface area is 155 Å². The second kappa shape index (κ2) is 6.34. The molecule has 0 bridgehead atoms. The standard InChI is InChI=1S/C18H22N6O3/c1-10-12(14(19)25)13-16(23-18(2)4-5-18)21-15(22-17(13)27-10)11-8-20-24(9-11)6-7-26-3/h8-9H,4-7H2,1-3H3,(H2,19,25)(H,21,22,23). The molecule has 3 N–H and O–H groups in total. The van der Waals surface area contributed by atoms with Gasteiger partial charge in [-0.3, -0.25) is 9.48 Å². The lowest BCUT2D eigenvalue weighted by Crippen LogP contribution is -2.19. The first kappa shape index (κ1) is 17.5. The number of anilines is 1. The molecule has 0 spiro atoms. The minimum absolute atomic E-state index is 0.0404. The Balaban J connectivity index is 1.83. The zero-order chi connectivity index (χ0) is 19.2. The van der Waals surface area contributed by atoms with E-state index in [1.165, 1.54) is 0 Å². The number of aryl methyl sites for hydroxylation is 1. The van der Waals surface area contributed by atoms with Crippen molar-refractivity contribution in [2.24, 2.45) is 5.73 Å². The molecule has 0 aliphatic heterocycles. The smallest absolute Gasteiger partial charge is 0.253 e. The predicted octanol–water partition coefficient (Wildman–Crippen LogP) is 2.10. The van der Waals surface area contributed by atoms with Crippen LogP contribution in [0.2, 0.25) is 0 Å². The molecule has 9 nitrogen and oxygen atoms in total. The van der Waals surface area contributed by atoms with Gasteiger partial charge in [-0.1, -0.05) is 0 Å². The van der Waals surface area contributed by atoms with E-state index in [1.54, 1.807) is 24.9 Å². The Kier molecular flexibility index (Phi) is 4.11. The molecule has 1 aliphatic carbocycles. The van der Waals surface area contributed by atoms with Crippen LogP contribution < -0.4 is 11.1 Å². The normalized spacial score (nSPS) is 15.2. The molecule has 0 atom stereocenters. The van der Waals surface area contributed by atoms with Crippen LogP contribution in [-0.2, 0) is 11.3 Å². The predicted molar refractivity (Wildman–Crippen MR) is 99.4 cm³/mol. The quantitative estimate of drug-likeness (QED) is 0.653. The van der Waals surface area contributed by atoms with Crippen molar-refractivity contribution >= 4 is 22.8 Å². The fourth-order valence-corrected chi connectivity index (χ4v) is 3.01. The maximum atomic E-state index is 11.9. The Morgan fingerprint density at radius 2 is 2.22 bits per heavy atom. The highest BCUT2D eigenvalue weighted by molar-refractivity contribution is 6.09. The summed E-state index contributed by atoms with van der Waals surface area (Å²) in [7, 11) is 1.65. The lowest BCUT2D eigenvalue weighted by molar-refractivity contribution is 0.1000. The number of methoxy groups -OCH3 is 1. The number of carbonyl (C=O) groups is 1. The molecule has 0 aromatic carbocycles. The first-order valence-corrected chi connectivity index (χ1v) is 8.81. The van der Waals surface area contributed by atoms with Crippen LogP contribution in [0.4, 0.5) is 5.82 Å². The summed E-state index contributed by atoms with van der Waals surface area (Å²) in [5, 5.41) is 8.27. The third-order valence-electron chi connectivity index (χ3n) is 4.81. The van der Waals surface area contributed by atoms with E-state index in [9.17, 15) is 4.79 Å². The van der Waals surface area contributed by atoms with E-state index in [0.29, 0.717) is 47.2 Å². The largest absolute Gasteiger partial charge is 0.442 e. The number of hydrogen-bond donors (Lipinski definition) is 2. The number of hydrogen-bond acceptors (Lipinski definition) is 7. The number of aromatic nitrogens is 4. The minimum Gasteiger partial charge on any atom is -0.442 e. The Bertz CT molecular complexity index is 1020. The fourth-order valence-electron chi connectivity index (χ4n) is 3.01. The van der Waals surface area contributed by atoms with Crippen molar-refractivity contribution in [3.05, 3.63) is 23.7 Å². The summed E-state index contributed by atoms with van der Waals surface area (Å²) in [6.07, 6.45) is 5.62. The molecule has 4 rings (SSSR count). The molecule has 1 amide bonds. The number of carbonyl (C=O) groups excluding carboxylic acids is 1. The van der Waals surface area contributed by atoms with Crippen molar-refractivity contribution in [1.29, 1.82) is 0 Å². The Morgan fingerprint density at radius 1 is 1.44 bits per heavy atom. The molecule has 0 radical (unpaired) electrons. The van der Waals surface area contributed by atoms with Gasteiger partial charge in [-0.05, 0) is 26.7 Å². The van der Waals surface area contributed by atoms with Crippen LogP contribution in [0.1, 0.15) is 35.9 Å². The number of furan rings is 1. The zero-order valence-corrected chi connectivity index (χ0v) is 15.6. The van der Waals surface area contributed by atoms with Crippen LogP contribution >= 0.6 is 0 Å². The van der Waals surface area contributed by atoms with E-state index in [0.717, 1.165) is 18.4 Å². The van der Waals surface area contributed by atoms with Crippen molar-refractivity contribution in [1.82, 2.24) is 19.7 Å². The number of nitrogens with two attached hydrogens (primary N) is 1. The third-order valence-corrected chi connectivity index (χ3v) is 4.81. The molecule has 0 unspecified atom stereocenters. The van der Waals surface area contributed by atoms with Gasteiger partial charge in [0.25, 0.3) is 5.91 Å². The van der Waals surface area contributed by atoms with Gasteiger partial charge in [0, 0.05) is 18.8 Å². The van der Waals surface area contributed by atoms with Gasteiger partial charge in [0.1, 0.15) is 11.6 Å². The van der Waals surface area contributed by atoms with Crippen LogP contribution in [-0.4, -0.2) is 44.9 Å². The van der Waals surface area contributed by atoms with Crippen molar-refractivity contribution < 1.29 is 13.9 Å². The fraction of sp³-hybridized carbons (Fsp3) is 0.444. The lowest BCUT2D eigenvalue weighted by atomic mass is 10.1. The number of ether oxygens (including phenoxy) is 1. The third kappa shape index (κ3) is 3.25. The van der Waals surface area contributed by atoms with E-state index in [2.05, 4.69) is 27.3 Å². The summed E-state index contributed by atoms with van der Waals surface area (Å²) >= 11 is 0. The number of primary amides is 1. The maximum absolute atomic E-state index is 11.9. The first-order valence-electron chi connectivity index (χ1n) is 8.81. The first-order chi connectivity index (χ1) is 12.9. The lowest BCUT2D eigenvalue weighted by Gasteiger charge is -2.14. The summed E-state index contributed by atoms with van der Waals surface area (Å²) < 4.78 is 12.6. The number of fused-ring (bicyclic) bond motifs is 1. The summed E-state index contributed by atoms with van der Waals surface area (Å²) in [6, 6.07) is 0. The average Bonchev–Trinajstić information content (AvgIpc) is 3.04. The summed E-state index contributed by atoms with van der Waals surface area (Å²) in [4.78, 5) is 21.1. The van der Waals surface area contributed by atoms with Crippen LogP contribution in [0, 0.1) is 6.92 Å². The Morgan fingerprint density at radius 3 is 2.89 bits per heavy atom. The second-order valence-electron chi connectivity index (χ2n) is 7.14. The van der Waals surface area contributed by atoms with Gasteiger partial charge < -0.3 is 20.2 Å². The zero-order valence-electron chi connectivity index (χ0n) is 15.6. The number of amides is 1. The molecular formula is C18H22N6O3. The molecular weight excluding hydrogens is 348 g/mol. The molecule has 1 aliphatic rings. The number of nitrogens with zero attached hydrogens (tertiary/aromatic N) is 4. The highest BCUT2D eigenvalue weighted by atomic mass is 16.5. The van der Waals surface area contributed by atoms with Gasteiger partial charge in [-0.25, -0.2) is 4.98 Å². The second-order valence-corrected chi connectivity index (χ2v) is 7.14. The van der Waals surface area contributed by atoms with Crippen LogP contribution in [0.3, 0.4) is 0 Å². The van der Waals surface area contributed by atoms with Gasteiger partial charge >= 0.3 is 0 Å². The van der Waals surface area contributed by atoms with Crippen molar-refractivity contribution in [2.75, 3.05) is 19.0 Å². The van der Waals surface area contributed by atoms with Gasteiger partial charge in [0.05, 0.1) is 35.9 Å². The average molecular weight is 370 g/mol. The minimum atomic E-state index is -0.556. The molecule has 1 saturated carbocycles. The highest BCUT2D eigenvalue weighted by Gasteiger charge is 2.38. The summed E-state index contributed by atoms with van der Waals surface area (Å²) in [5.74, 6) is 0.913. The van der Waals surface area contributed by atoms with E-state index in [4.69, 9.17) is 14.9 Å². The van der Waals surface area contributed by atoms with E-state index >= 15 is 0 Å². The highest BCUT2D eigenvalue weighted by Crippen LogP contribution is 2.41. The van der Waals surface area contributed by atoms with Crippen LogP contribution in [0.5, 0.6) is 0 Å². The van der Waals surface area contributed by atoms with Gasteiger partial charge in [-0.2, -0.15) is 10.1 Å². The molecule has 27 heavy (non-hydrogen) atoms. The topological polar surface area (TPSA) is 121 Å². The van der Waals surface area contributed by atoms with Crippen molar-refractivity contribution in [2.45, 2.75) is 38.8 Å². The Hall–Kier alpha value is -2.94. The number of nitrogens with one attached hydrogen (secondary N) is 1. The number of rotatable bonds is 7. The summed E-state index contributed by atoms with van der Waals surface area (Å²) in [5.41, 5.74) is 6.94. The molecule has 3 heterocycles. The van der Waals surface area contributed by atoms with Gasteiger partial charge in [0.2, 0.25) is 5.71 Å². The SMILES string of the molecule is COCCn1cc(-c2nc(NC3(C)CC3)c3c(C(N)=O)c(C)oc3n2)cn1. The van der Waals surface area contributed by atoms with E-state index < -0.39 is 5.91 Å². The van der Waals surface area contributed by atoms with Crippen molar-refractivity contribution in [3.8, 4) is 11.4 Å². The van der Waals surface area contributed by atoms with E-state index in [-0.39, 0.29) is 5.54 Å². The van der Waals surface area contributed by atoms with Gasteiger partial charge in [-0.15, -0.1) is 0 Å². The van der Waals surface area contributed by atoms with E-state index in [1.807, 2.05) is 6.20 Å². The maximum Gasteiger partial charge on any atom is 0.253 e. The molecule has 0 saturated heterocycles. The monoisotopic (exact) mass is 370 g/mol. The summed E-state index contributed by atoms with van der Waals surface area (Å²) in [6.45, 7) is 5.01. The van der Waals surface area contributed by atoms with Gasteiger partial charge in [0.15, 0.2) is 5.82 Å². The molecule has 9 heteroatoms. The molecule has 142 valence electrons. The molecule has 1 fully saturated rings.